The molecule has 0 radical (unpaired) electrons. The number of likely N-dealkylation sites (tertiary alicyclic amines) is 1. The van der Waals surface area contributed by atoms with Gasteiger partial charge in [-0.05, 0) is 83.1 Å². The van der Waals surface area contributed by atoms with Gasteiger partial charge in [0.05, 0.1) is 24.5 Å². The van der Waals surface area contributed by atoms with Crippen molar-refractivity contribution >= 4 is 107 Å². The summed E-state index contributed by atoms with van der Waals surface area (Å²) in [5, 5.41) is 60.9. The van der Waals surface area contributed by atoms with Crippen LogP contribution in [-0.4, -0.2) is 212 Å². The van der Waals surface area contributed by atoms with E-state index < -0.39 is 187 Å². The number of hydrogen-bond acceptors (Lipinski definition) is 18. The molecule has 10 amide bonds. The first-order chi connectivity index (χ1) is 39.8. The van der Waals surface area contributed by atoms with Crippen molar-refractivity contribution in [3.63, 3.8) is 0 Å². The number of aliphatic imine (C=N–C) groups is 1. The summed E-state index contributed by atoms with van der Waals surface area (Å²) in [7, 11) is 0. The number of amides is 10. The predicted octanol–water partition coefficient (Wildman–Crippen LogP) is -4.02. The Kier molecular flexibility index (Phi) is 34.7. The van der Waals surface area contributed by atoms with Gasteiger partial charge in [-0.2, -0.15) is 24.4 Å². The first-order valence-electron chi connectivity index (χ1n) is 28.1. The molecule has 1 saturated heterocycles. The van der Waals surface area contributed by atoms with Crippen LogP contribution in [0.4, 0.5) is 0 Å². The van der Waals surface area contributed by atoms with Gasteiger partial charge < -0.3 is 90.4 Å². The zero-order valence-electron chi connectivity index (χ0n) is 49.5. The van der Waals surface area contributed by atoms with E-state index in [4.69, 9.17) is 17.2 Å². The zero-order valence-corrected chi connectivity index (χ0v) is 51.2. The Bertz CT molecular complexity index is 2350. The molecule has 1 aliphatic heterocycles. The average molecular weight is 1250 g/mol. The van der Waals surface area contributed by atoms with E-state index in [1.54, 1.807) is 34.0 Å². The number of nitrogens with one attached hydrogen (secondary N) is 9. The number of carbonyl (C=O) groups is 13. The molecule has 0 aromatic heterocycles. The van der Waals surface area contributed by atoms with Gasteiger partial charge in [-0.3, -0.25) is 62.5 Å². The number of thioether (sulfide) groups is 1. The molecule has 2 unspecified atom stereocenters. The molecule has 14 atom stereocenters. The summed E-state index contributed by atoms with van der Waals surface area (Å²) in [6, 6.07) is -13.7. The summed E-state index contributed by atoms with van der Waals surface area (Å²) in [4.78, 5) is 177. The van der Waals surface area contributed by atoms with Crippen molar-refractivity contribution in [3.8, 4) is 0 Å². The standard InChI is InChI=1S/C52H90N14O17S2/c1-9-25(3)39(49(80)62-35(51(82)83)22-38(70)71)64-45(76)31(14-11-18-56-52(54)55)59-43(74)30-13-12-19-66(23-30)50(81)40(26(4)10-2)65-46(77)33(17-20-85-8)58-42(73)29(7)57-47(78)34(21-27(5)67)61-44(75)32(15-16-37(68)69)60-48(79)36(24-84)63-41(72)28(6)53/h25-36,39-40,67,84H,9-24,53H2,1-8H3,(H,57,78)(H,58,73)(H,59,74)(H,60,79)(H,61,75)(H,62,80)(H,63,72)(H,64,76)(H,65,77)(H,68,69)(H,70,71)(H,82,83)(H4,54,55,56)/t25?,26?,27-,28+,29+,30-,31+,32+,33+,34+,35+,36+,39+,40+/m1/s1. The Morgan fingerprint density at radius 3 is 1.66 bits per heavy atom. The smallest absolute Gasteiger partial charge is 0.326 e. The summed E-state index contributed by atoms with van der Waals surface area (Å²) in [5.74, 6) is -14.7. The highest BCUT2D eigenvalue weighted by Gasteiger charge is 2.39. The Morgan fingerprint density at radius 1 is 0.624 bits per heavy atom. The van der Waals surface area contributed by atoms with Gasteiger partial charge in [0.2, 0.25) is 59.1 Å². The maximum absolute atomic E-state index is 14.5. The number of rotatable bonds is 39. The Morgan fingerprint density at radius 2 is 1.13 bits per heavy atom. The third-order valence-corrected chi connectivity index (χ3v) is 15.0. The number of nitrogens with two attached hydrogens (primary N) is 3. The van der Waals surface area contributed by atoms with Crippen molar-refractivity contribution in [2.24, 2.45) is 39.9 Å². The van der Waals surface area contributed by atoms with Crippen LogP contribution in [0.25, 0.3) is 0 Å². The number of carboxylic acids is 3. The van der Waals surface area contributed by atoms with E-state index in [-0.39, 0.29) is 57.0 Å². The highest BCUT2D eigenvalue weighted by Crippen LogP contribution is 2.22. The molecule has 0 bridgehead atoms. The molecule has 0 saturated carbocycles. The summed E-state index contributed by atoms with van der Waals surface area (Å²) in [5.41, 5.74) is 16.5. The number of aliphatic carboxylic acids is 3. The van der Waals surface area contributed by atoms with Crippen LogP contribution in [-0.2, 0) is 62.3 Å². The Hall–Kier alpha value is -7.00. The predicted molar refractivity (Wildman–Crippen MR) is 315 cm³/mol. The van der Waals surface area contributed by atoms with E-state index in [2.05, 4.69) is 65.5 Å². The van der Waals surface area contributed by atoms with Crippen molar-refractivity contribution in [1.82, 2.24) is 52.8 Å². The molecule has 1 fully saturated rings. The van der Waals surface area contributed by atoms with E-state index in [0.29, 0.717) is 25.0 Å². The number of aliphatic hydroxyl groups is 1. The van der Waals surface area contributed by atoms with Crippen LogP contribution in [0.1, 0.15) is 119 Å². The monoisotopic (exact) mass is 1250 g/mol. The molecule has 33 heteroatoms. The lowest BCUT2D eigenvalue weighted by atomic mass is 9.92. The minimum absolute atomic E-state index is 0.0445. The molecule has 1 heterocycles. The van der Waals surface area contributed by atoms with Crippen molar-refractivity contribution in [1.29, 1.82) is 0 Å². The SMILES string of the molecule is CCC(C)[C@H](NC(=O)[C@H](CCCN=C(N)N)NC(=O)[C@@H]1CCCN(C(=O)[C@@H](NC(=O)[C@H](CCSC)NC(=O)[C@H](C)NC(=O)[C@H](C[C@@H](C)O)NC(=O)[C@H](CCC(=O)O)NC(=O)[C@H](CS)NC(=O)[C@H](C)N)C(C)CC)C1)C(=O)N[C@@H](CC(=O)O)C(=O)O. The molecule has 0 spiro atoms. The van der Waals surface area contributed by atoms with Crippen molar-refractivity contribution < 1.29 is 82.8 Å². The molecular weight excluding hydrogens is 1160 g/mol. The van der Waals surface area contributed by atoms with Gasteiger partial charge in [0.25, 0.3) is 0 Å². The second-order valence-corrected chi connectivity index (χ2v) is 22.5. The van der Waals surface area contributed by atoms with Gasteiger partial charge in [-0.1, -0.05) is 40.5 Å². The number of piperidine rings is 1. The second kappa shape index (κ2) is 38.8. The maximum atomic E-state index is 14.5. The molecule has 31 nitrogen and oxygen atoms in total. The lowest BCUT2D eigenvalue weighted by Crippen LogP contribution is -2.61. The van der Waals surface area contributed by atoms with Gasteiger partial charge in [-0.15, -0.1) is 0 Å². The molecule has 0 aromatic carbocycles. The number of hydrogen-bond donors (Lipinski definition) is 17. The molecule has 85 heavy (non-hydrogen) atoms. The number of guanidine groups is 1. The lowest BCUT2D eigenvalue weighted by molar-refractivity contribution is -0.147. The highest BCUT2D eigenvalue weighted by atomic mass is 32.2. The maximum Gasteiger partial charge on any atom is 0.326 e. The molecule has 1 aliphatic rings. The highest BCUT2D eigenvalue weighted by molar-refractivity contribution is 7.98. The summed E-state index contributed by atoms with van der Waals surface area (Å²) in [6.45, 7) is 10.9. The molecule has 0 aliphatic carbocycles. The molecular formula is C52H90N14O17S2. The van der Waals surface area contributed by atoms with Crippen LogP contribution in [0.15, 0.2) is 4.99 Å². The van der Waals surface area contributed by atoms with Gasteiger partial charge in [0.1, 0.15) is 54.4 Å². The number of nitrogens with zero attached hydrogens (tertiary/aromatic N) is 2. The molecule has 0 aromatic rings. The fraction of sp³-hybridized carbons (Fsp3) is 0.731. The molecule has 1 rings (SSSR count). The lowest BCUT2D eigenvalue weighted by Gasteiger charge is -2.37. The zero-order chi connectivity index (χ0) is 64.8. The van der Waals surface area contributed by atoms with E-state index in [1.165, 1.54) is 37.4 Å². The quantitative estimate of drug-likeness (QED) is 0.0121. The van der Waals surface area contributed by atoms with Crippen LogP contribution in [0.5, 0.6) is 0 Å². The number of aliphatic hydroxyl groups excluding tert-OH is 1. The minimum atomic E-state index is -1.81. The van der Waals surface area contributed by atoms with Gasteiger partial charge in [0.15, 0.2) is 5.96 Å². The molecule has 482 valence electrons. The third-order valence-electron chi connectivity index (χ3n) is 14.0. The number of carbonyl (C=O) groups excluding carboxylic acids is 10. The summed E-state index contributed by atoms with van der Waals surface area (Å²) < 4.78 is 0. The minimum Gasteiger partial charge on any atom is -0.481 e. The van der Waals surface area contributed by atoms with Crippen LogP contribution in [0.2, 0.25) is 0 Å². The van der Waals surface area contributed by atoms with Crippen molar-refractivity contribution in [3.05, 3.63) is 0 Å². The fourth-order valence-corrected chi connectivity index (χ4v) is 9.24. The first-order valence-corrected chi connectivity index (χ1v) is 30.1. The summed E-state index contributed by atoms with van der Waals surface area (Å²) >= 11 is 5.42. The molecule has 19 N–H and O–H groups in total. The topological polar surface area (TPSA) is 505 Å². The van der Waals surface area contributed by atoms with Crippen LogP contribution in [0.3, 0.4) is 0 Å². The Labute approximate surface area is 504 Å². The summed E-state index contributed by atoms with van der Waals surface area (Å²) in [6.07, 6.45) is -0.401. The van der Waals surface area contributed by atoms with Crippen LogP contribution < -0.4 is 65.1 Å². The van der Waals surface area contributed by atoms with E-state index in [9.17, 15) is 82.8 Å². The number of carboxylic acid groups (broad SMARTS) is 3. The van der Waals surface area contributed by atoms with Gasteiger partial charge in [-0.25, -0.2) is 4.79 Å². The van der Waals surface area contributed by atoms with E-state index >= 15 is 0 Å². The Balaban J connectivity index is 3.38. The van der Waals surface area contributed by atoms with Crippen LogP contribution in [0, 0.1) is 17.8 Å². The normalized spacial score (nSPS) is 17.6. The second-order valence-electron chi connectivity index (χ2n) is 21.1. The van der Waals surface area contributed by atoms with Gasteiger partial charge in [0, 0.05) is 38.2 Å². The van der Waals surface area contributed by atoms with E-state index in [1.807, 2.05) is 0 Å². The number of thiol groups is 1. The van der Waals surface area contributed by atoms with E-state index in [0.717, 1.165) is 0 Å². The van der Waals surface area contributed by atoms with Crippen molar-refractivity contribution in [2.75, 3.05) is 37.4 Å². The first kappa shape index (κ1) is 76.0. The third kappa shape index (κ3) is 27.7. The average Bonchev–Trinajstić information content (AvgIpc) is 3.62. The van der Waals surface area contributed by atoms with Crippen molar-refractivity contribution in [2.45, 2.75) is 186 Å². The van der Waals surface area contributed by atoms with Gasteiger partial charge >= 0.3 is 17.9 Å². The fourth-order valence-electron chi connectivity index (χ4n) is 8.51. The van der Waals surface area contributed by atoms with Crippen LogP contribution >= 0.6 is 24.4 Å². The largest absolute Gasteiger partial charge is 0.481 e.